The largest absolute Gasteiger partial charge is 0.392 e. The predicted molar refractivity (Wildman–Crippen MR) is 72.8 cm³/mol. The first-order valence-electron chi connectivity index (χ1n) is 5.91. The van der Waals surface area contributed by atoms with Gasteiger partial charge in [0.05, 0.1) is 11.0 Å². The maximum absolute atomic E-state index is 5.67. The molecule has 1 saturated heterocycles. The highest BCUT2D eigenvalue weighted by Gasteiger charge is 2.21. The molecule has 1 rings (SSSR count). The Labute approximate surface area is 104 Å². The van der Waals surface area contributed by atoms with Crippen LogP contribution >= 0.6 is 12.2 Å². The summed E-state index contributed by atoms with van der Waals surface area (Å²) < 4.78 is 0. The Morgan fingerprint density at radius 3 is 2.31 bits per heavy atom. The average molecular weight is 244 g/mol. The highest BCUT2D eigenvalue weighted by Crippen LogP contribution is 2.06. The van der Waals surface area contributed by atoms with Crippen LogP contribution in [0.3, 0.4) is 0 Å². The third-order valence-electron chi connectivity index (χ3n) is 3.23. The van der Waals surface area contributed by atoms with Crippen LogP contribution in [0.1, 0.15) is 6.92 Å². The summed E-state index contributed by atoms with van der Waals surface area (Å²) in [7, 11) is 4.23. The van der Waals surface area contributed by atoms with Gasteiger partial charge >= 0.3 is 0 Å². The maximum Gasteiger partial charge on any atom is 0.0899 e. The summed E-state index contributed by atoms with van der Waals surface area (Å²) in [6, 6.07) is 0.242. The van der Waals surface area contributed by atoms with Gasteiger partial charge in [-0.15, -0.1) is 0 Å². The number of hydrogen-bond donors (Lipinski definition) is 1. The van der Waals surface area contributed by atoms with Gasteiger partial charge in [0, 0.05) is 39.3 Å². The van der Waals surface area contributed by atoms with Gasteiger partial charge in [-0.25, -0.2) is 0 Å². The topological polar surface area (TPSA) is 35.7 Å². The molecule has 0 aliphatic carbocycles. The van der Waals surface area contributed by atoms with E-state index in [-0.39, 0.29) is 6.04 Å². The van der Waals surface area contributed by atoms with Crippen LogP contribution in [0.4, 0.5) is 0 Å². The molecule has 0 saturated carbocycles. The average Bonchev–Trinajstić information content (AvgIpc) is 2.26. The number of hydrogen-bond acceptors (Lipinski definition) is 4. The van der Waals surface area contributed by atoms with Crippen molar-refractivity contribution in [1.82, 2.24) is 14.7 Å². The lowest BCUT2D eigenvalue weighted by Gasteiger charge is -2.37. The molecular weight excluding hydrogens is 220 g/mol. The molecule has 0 amide bonds. The number of piperazine rings is 1. The maximum atomic E-state index is 5.67. The van der Waals surface area contributed by atoms with Crippen molar-refractivity contribution in [1.29, 1.82) is 0 Å². The number of thiocarbonyl (C=S) groups is 1. The van der Waals surface area contributed by atoms with Gasteiger partial charge in [-0.05, 0) is 21.0 Å². The molecule has 0 spiro atoms. The predicted octanol–water partition coefficient (Wildman–Crippen LogP) is -0.160. The van der Waals surface area contributed by atoms with Crippen molar-refractivity contribution in [2.24, 2.45) is 5.73 Å². The molecule has 0 aromatic heterocycles. The first kappa shape index (κ1) is 13.8. The van der Waals surface area contributed by atoms with Gasteiger partial charge in [0.2, 0.25) is 0 Å². The van der Waals surface area contributed by atoms with Crippen molar-refractivity contribution in [3.63, 3.8) is 0 Å². The van der Waals surface area contributed by atoms with E-state index in [0.717, 1.165) is 39.3 Å². The third kappa shape index (κ3) is 4.33. The van der Waals surface area contributed by atoms with Crippen LogP contribution in [0.25, 0.3) is 0 Å². The minimum atomic E-state index is 0.242. The van der Waals surface area contributed by atoms with E-state index in [1.165, 1.54) is 0 Å². The number of nitrogens with zero attached hydrogens (tertiary/aromatic N) is 3. The Morgan fingerprint density at radius 1 is 1.31 bits per heavy atom. The van der Waals surface area contributed by atoms with E-state index in [0.29, 0.717) is 4.99 Å². The van der Waals surface area contributed by atoms with Crippen molar-refractivity contribution in [3.8, 4) is 0 Å². The lowest BCUT2D eigenvalue weighted by molar-refractivity contribution is 0.116. The number of nitrogens with two attached hydrogens (primary N) is 1. The molecule has 1 aliphatic rings. The van der Waals surface area contributed by atoms with Crippen LogP contribution in [-0.2, 0) is 0 Å². The zero-order chi connectivity index (χ0) is 12.1. The van der Waals surface area contributed by atoms with E-state index in [2.05, 4.69) is 35.7 Å². The van der Waals surface area contributed by atoms with Crippen molar-refractivity contribution >= 4 is 17.2 Å². The van der Waals surface area contributed by atoms with Crippen LogP contribution in [0.15, 0.2) is 0 Å². The highest BCUT2D eigenvalue weighted by atomic mass is 32.1. The summed E-state index contributed by atoms with van der Waals surface area (Å²) in [6.45, 7) is 8.78. The van der Waals surface area contributed by atoms with E-state index in [9.17, 15) is 0 Å². The third-order valence-corrected chi connectivity index (χ3v) is 3.57. The van der Waals surface area contributed by atoms with E-state index in [1.54, 1.807) is 0 Å². The molecule has 1 fully saturated rings. The van der Waals surface area contributed by atoms with Gasteiger partial charge in [0.15, 0.2) is 0 Å². The molecule has 0 radical (unpaired) electrons. The van der Waals surface area contributed by atoms with Crippen molar-refractivity contribution < 1.29 is 0 Å². The number of rotatable bonds is 5. The van der Waals surface area contributed by atoms with E-state index in [1.807, 2.05) is 0 Å². The molecule has 94 valence electrons. The van der Waals surface area contributed by atoms with Crippen molar-refractivity contribution in [2.45, 2.75) is 13.0 Å². The van der Waals surface area contributed by atoms with E-state index >= 15 is 0 Å². The molecule has 1 heterocycles. The first-order valence-corrected chi connectivity index (χ1v) is 6.32. The summed E-state index contributed by atoms with van der Waals surface area (Å²) in [5.74, 6) is 0. The molecule has 2 N–H and O–H groups in total. The minimum absolute atomic E-state index is 0.242. The Morgan fingerprint density at radius 2 is 1.88 bits per heavy atom. The molecule has 0 aromatic carbocycles. The normalized spacial score (nSPS) is 21.2. The van der Waals surface area contributed by atoms with Crippen molar-refractivity contribution in [2.75, 3.05) is 53.4 Å². The van der Waals surface area contributed by atoms with Gasteiger partial charge in [-0.3, -0.25) is 9.80 Å². The van der Waals surface area contributed by atoms with Crippen LogP contribution in [0, 0.1) is 0 Å². The molecule has 0 bridgehead atoms. The van der Waals surface area contributed by atoms with Gasteiger partial charge < -0.3 is 10.6 Å². The quantitative estimate of drug-likeness (QED) is 0.680. The second-order valence-electron chi connectivity index (χ2n) is 4.76. The minimum Gasteiger partial charge on any atom is -0.392 e. The second kappa shape index (κ2) is 6.49. The fourth-order valence-corrected chi connectivity index (χ4v) is 2.04. The molecular formula is C11H24N4S. The SMILES string of the molecule is CC(C(N)=S)N1CCN(CCN(C)C)CC1. The Kier molecular flexibility index (Phi) is 5.61. The fourth-order valence-electron chi connectivity index (χ4n) is 1.90. The van der Waals surface area contributed by atoms with Crippen LogP contribution in [0.2, 0.25) is 0 Å². The Balaban J connectivity index is 2.25. The Bertz CT molecular complexity index is 224. The van der Waals surface area contributed by atoms with Gasteiger partial charge in [-0.1, -0.05) is 12.2 Å². The second-order valence-corrected chi connectivity index (χ2v) is 5.23. The van der Waals surface area contributed by atoms with Crippen LogP contribution < -0.4 is 5.73 Å². The van der Waals surface area contributed by atoms with Gasteiger partial charge in [0.25, 0.3) is 0 Å². The fraction of sp³-hybridized carbons (Fsp3) is 0.909. The summed E-state index contributed by atoms with van der Waals surface area (Å²) in [4.78, 5) is 7.71. The van der Waals surface area contributed by atoms with Crippen LogP contribution in [0.5, 0.6) is 0 Å². The molecule has 0 aromatic rings. The van der Waals surface area contributed by atoms with Crippen LogP contribution in [-0.4, -0.2) is 79.1 Å². The van der Waals surface area contributed by atoms with Gasteiger partial charge in [0.1, 0.15) is 0 Å². The van der Waals surface area contributed by atoms with E-state index < -0.39 is 0 Å². The van der Waals surface area contributed by atoms with Gasteiger partial charge in [-0.2, -0.15) is 0 Å². The number of likely N-dealkylation sites (N-methyl/N-ethyl adjacent to an activating group) is 1. The standard InChI is InChI=1S/C11H24N4S/c1-10(11(12)16)15-8-6-14(7-9-15)5-4-13(2)3/h10H,4-9H2,1-3H3,(H2,12,16). The first-order chi connectivity index (χ1) is 7.50. The highest BCUT2D eigenvalue weighted by molar-refractivity contribution is 7.80. The molecule has 1 atom stereocenters. The van der Waals surface area contributed by atoms with Crippen molar-refractivity contribution in [3.05, 3.63) is 0 Å². The molecule has 16 heavy (non-hydrogen) atoms. The summed E-state index contributed by atoms with van der Waals surface area (Å²) in [5.41, 5.74) is 5.67. The molecule has 1 unspecified atom stereocenters. The lowest BCUT2D eigenvalue weighted by Crippen LogP contribution is -2.53. The molecule has 5 heteroatoms. The summed E-state index contributed by atoms with van der Waals surface area (Å²) in [6.07, 6.45) is 0. The Hall–Kier alpha value is -0.230. The molecule has 4 nitrogen and oxygen atoms in total. The monoisotopic (exact) mass is 244 g/mol. The zero-order valence-corrected chi connectivity index (χ0v) is 11.5. The smallest absolute Gasteiger partial charge is 0.0899 e. The molecule has 1 aliphatic heterocycles. The summed E-state index contributed by atoms with van der Waals surface area (Å²) >= 11 is 5.03. The summed E-state index contributed by atoms with van der Waals surface area (Å²) in [5, 5.41) is 0. The zero-order valence-electron chi connectivity index (χ0n) is 10.6. The lowest BCUT2D eigenvalue weighted by atomic mass is 10.2. The van der Waals surface area contributed by atoms with E-state index in [4.69, 9.17) is 18.0 Å².